The van der Waals surface area contributed by atoms with Crippen molar-refractivity contribution in [2.75, 3.05) is 33.0 Å². The summed E-state index contributed by atoms with van der Waals surface area (Å²) >= 11 is -5.94. The van der Waals surface area contributed by atoms with Gasteiger partial charge in [0.2, 0.25) is 0 Å². The summed E-state index contributed by atoms with van der Waals surface area (Å²) in [4.78, 5) is 0. The van der Waals surface area contributed by atoms with Crippen molar-refractivity contribution in [2.45, 2.75) is 323 Å². The summed E-state index contributed by atoms with van der Waals surface area (Å²) in [5.41, 5.74) is 0. The van der Waals surface area contributed by atoms with E-state index in [2.05, 4.69) is 105 Å². The van der Waals surface area contributed by atoms with E-state index in [1.807, 2.05) is 27.7 Å². The number of ether oxygens (including phenoxy) is 14. The summed E-state index contributed by atoms with van der Waals surface area (Å²) in [6, 6.07) is 0. The van der Waals surface area contributed by atoms with Crippen LogP contribution in [0.25, 0.3) is 0 Å². The van der Waals surface area contributed by atoms with Crippen LogP contribution in [0.4, 0.5) is 0 Å². The molecule has 9 aliphatic heterocycles. The second-order valence-corrected chi connectivity index (χ2v) is 41.7. The molecule has 33 nitrogen and oxygen atoms in total. The van der Waals surface area contributed by atoms with Gasteiger partial charge in [-0.25, -0.2) is 0 Å². The number of fused-ring (bicyclic) bond motifs is 3. The maximum atomic E-state index is 10.5. The Morgan fingerprint density at radius 3 is 1.10 bits per heavy atom. The molecule has 39 heteroatoms. The molecule has 0 spiro atoms. The largest absolute Gasteiger partial charge is 2.00 e. The molecular formula is C64H119BrIMgNaO33Si2. The van der Waals surface area contributed by atoms with E-state index in [0.29, 0.717) is 6.61 Å². The van der Waals surface area contributed by atoms with Gasteiger partial charge in [0.1, 0.15) is 142 Å². The van der Waals surface area contributed by atoms with Gasteiger partial charge in [0.05, 0.1) is 33.0 Å². The van der Waals surface area contributed by atoms with Gasteiger partial charge >= 0.3 is 52.6 Å². The molecule has 0 bridgehead atoms. The third kappa shape index (κ3) is 32.1. The zero-order valence-corrected chi connectivity index (χ0v) is 72.6. The van der Waals surface area contributed by atoms with Crippen LogP contribution in [0.5, 0.6) is 0 Å². The first-order valence-corrected chi connectivity index (χ1v) is 41.9. The number of rotatable bonds is 16. The van der Waals surface area contributed by atoms with Crippen LogP contribution in [-0.2, 0) is 75.2 Å². The molecule has 103 heavy (non-hydrogen) atoms. The van der Waals surface area contributed by atoms with Crippen LogP contribution in [0.15, 0.2) is 44.5 Å². The molecular weight excluding hydrogens is 1610 g/mol. The Morgan fingerprint density at radius 2 is 0.767 bits per heavy atom. The van der Waals surface area contributed by atoms with E-state index in [9.17, 15) is 35.7 Å². The van der Waals surface area contributed by atoms with Crippen molar-refractivity contribution in [1.82, 2.24) is 0 Å². The third-order valence-corrected chi connectivity index (χ3v) is 26.5. The van der Waals surface area contributed by atoms with Gasteiger partial charge in [0.25, 0.3) is 0 Å². The molecule has 9 saturated heterocycles. The summed E-state index contributed by atoms with van der Waals surface area (Å²) < 4.78 is 123. The number of halogens is 2. The Balaban J connectivity index is 0. The SMILES string of the molecule is C=CC(O)C1OC(C)(C)O[C@H]1[C@H](O)CO.C=CC(O)C1OC(C)(C)O[C@H]1[C@H](O)CO[Si](C)(C)C(C)(C)C.C=C[C@@H]1O[C@H](O)[C@@H]2OC(C)(C)OC12.CC1(C)OC2[C@H](O)O[C@H](CO)[C@@H]2O1.CC1(C)OC2[C@H](O)O[C@H](CO[Si](C)(C)C(C)(C)C)[C@@H]2O1.OC[C@H]1O[C@@H](O)C(O)[C@H]1O.[Br-].[CH-]=C.[Mg+2].[Na+].[O-][I+3]([O-])([O-])[O-]. The summed E-state index contributed by atoms with van der Waals surface area (Å²) in [6.45, 7) is 56.7. The molecule has 0 amide bonds. The average Bonchev–Trinajstić information content (AvgIpc) is 1.64. The number of hydrogen-bond acceptors (Lipinski definition) is 33. The second-order valence-electron chi connectivity index (χ2n) is 29.9. The van der Waals surface area contributed by atoms with Crippen LogP contribution in [0.3, 0.4) is 0 Å². The van der Waals surface area contributed by atoms with Crippen LogP contribution in [0, 0.1) is 6.58 Å². The predicted octanol–water partition coefficient (Wildman–Crippen LogP) is -12.4. The quantitative estimate of drug-likeness (QED) is 0.0295. The molecule has 9 fully saturated rings. The van der Waals surface area contributed by atoms with Crippen molar-refractivity contribution >= 4 is 39.7 Å². The van der Waals surface area contributed by atoms with Crippen molar-refractivity contribution in [3.63, 3.8) is 0 Å². The molecule has 9 aliphatic rings. The fourth-order valence-electron chi connectivity index (χ4n) is 10.5. The average molecular weight is 1730 g/mol. The monoisotopic (exact) mass is 1720 g/mol. The number of aliphatic hydroxyl groups is 13. The van der Waals surface area contributed by atoms with Gasteiger partial charge in [-0.3, -0.25) is 20.3 Å². The first-order valence-electron chi connectivity index (χ1n) is 32.6. The van der Waals surface area contributed by atoms with Gasteiger partial charge in [-0.2, -0.15) is 0 Å². The van der Waals surface area contributed by atoms with Crippen molar-refractivity contribution in [1.29, 1.82) is 0 Å². The van der Waals surface area contributed by atoms with Crippen molar-refractivity contribution in [3.05, 3.63) is 51.1 Å². The molecule has 0 saturated carbocycles. The fourth-order valence-corrected chi connectivity index (χ4v) is 12.6. The van der Waals surface area contributed by atoms with Gasteiger partial charge in [0.15, 0.2) is 70.7 Å². The molecule has 8 unspecified atom stereocenters. The summed E-state index contributed by atoms with van der Waals surface area (Å²) in [5.74, 6) is -3.74. The molecule has 13 N–H and O–H groups in total. The number of aliphatic hydroxyl groups excluding tert-OH is 13. The fraction of sp³-hybridized carbons (Fsp3) is 0.875. The van der Waals surface area contributed by atoms with E-state index in [-0.39, 0.29) is 123 Å². The Hall–Kier alpha value is 1.05. The maximum absolute atomic E-state index is 10.5. The molecule has 9 heterocycles. The molecule has 9 rings (SSSR count). The Morgan fingerprint density at radius 1 is 0.466 bits per heavy atom. The summed E-state index contributed by atoms with van der Waals surface area (Å²) in [6.07, 6.45) is -13.0. The van der Waals surface area contributed by atoms with Crippen LogP contribution in [0.2, 0.25) is 36.3 Å². The normalized spacial score (nSPS) is 35.5. The Kier molecular flexibility index (Phi) is 44.8. The molecule has 0 aromatic rings. The van der Waals surface area contributed by atoms with E-state index in [4.69, 9.17) is 115 Å². The van der Waals surface area contributed by atoms with Crippen LogP contribution in [-0.4, -0.2) is 315 Å². The topological polar surface area (TPSA) is 503 Å². The number of hydrogen-bond donors (Lipinski definition) is 13. The molecule has 0 radical (unpaired) electrons. The van der Waals surface area contributed by atoms with Crippen molar-refractivity contribution < 1.29 is 222 Å². The van der Waals surface area contributed by atoms with Crippen LogP contribution < -0.4 is 80.4 Å². The van der Waals surface area contributed by atoms with Crippen molar-refractivity contribution in [2.24, 2.45) is 0 Å². The van der Waals surface area contributed by atoms with Crippen molar-refractivity contribution in [3.8, 4) is 0 Å². The first-order chi connectivity index (χ1) is 45.4. The summed E-state index contributed by atoms with van der Waals surface area (Å²) in [5, 5.41) is 121. The van der Waals surface area contributed by atoms with E-state index in [1.165, 1.54) is 12.2 Å². The maximum Gasteiger partial charge on any atom is 2.00 e. The zero-order valence-electron chi connectivity index (χ0n) is 63.5. The van der Waals surface area contributed by atoms with E-state index >= 15 is 0 Å². The Bertz CT molecular complexity index is 2460. The van der Waals surface area contributed by atoms with Gasteiger partial charge in [-0.15, -0.1) is 19.7 Å². The minimum atomic E-state index is -5.94. The van der Waals surface area contributed by atoms with Crippen LogP contribution in [0.1, 0.15) is 111 Å². The molecule has 24 atom stereocenters. The van der Waals surface area contributed by atoms with E-state index in [0.717, 1.165) is 0 Å². The standard InChI is InChI=1S/C16H32O5Si.C14H28O5Si.C10H18O5.C9H14O4.C8H14O5.C5H10O5.C2H3.BrH.IO4.Mg.Na/c1-9-11(17)13-14(21-16(5,6)20-13)12(18)10-19-22(7,8)15(2,3)4;1-13(2,3)20(6,7)16-8-9-10-11(12(15)17-9)19-14(4,5)18-10;1-4-6(12)8-9(7(13)5-11)15-10(2,3)14-8;1-4-5-6-7(8(10)11-5)13-9(2,3)12-6;1-8(2)12-5-4(3-9)11-7(10)6(5)13-8;6-1-2-3(7)4(8)5(9)10-2;1-2;;2-1(3,4)5;;/h9,11-14,17-18H,1,10H2,2-8H3;9-12,15H,8H2,1-7H3;4,6-9,11-13H,1,5H2,2-3H3;4-8,10H,1H2,2-3H3;4-7,9-10H,3H2,1-2H3;2-9H,1H2;1H,2H2;1H;;;/q;;;;;;-1;;-1;+2;+1/p-1/t11?,12-,13?,14+;9-,10+,11?,12-;6?,7-,8?,9+;5-,6?,7+,8-;4-,5+,6?,7-;2-,3+,4?,5-;;;;;/m111011...../s1. The van der Waals surface area contributed by atoms with Gasteiger partial charge in [-0.05, 0) is 106 Å². The smallest absolute Gasteiger partial charge is 1.00 e. The molecule has 0 aliphatic carbocycles. The predicted molar refractivity (Wildman–Crippen MR) is 353 cm³/mol. The van der Waals surface area contributed by atoms with Gasteiger partial charge < -0.3 is 165 Å². The van der Waals surface area contributed by atoms with Gasteiger partial charge in [-0.1, -0.05) is 59.8 Å². The Labute approximate surface area is 663 Å². The first kappa shape index (κ1) is 106. The summed E-state index contributed by atoms with van der Waals surface area (Å²) in [7, 11) is -3.78. The van der Waals surface area contributed by atoms with Crippen LogP contribution >= 0.6 is 0 Å². The van der Waals surface area contributed by atoms with E-state index < -0.39 is 196 Å². The van der Waals surface area contributed by atoms with Gasteiger partial charge in [0, 0.05) is 0 Å². The zero-order chi connectivity index (χ0) is 77.8. The minimum Gasteiger partial charge on any atom is -1.00 e. The molecule has 0 aromatic carbocycles. The second kappa shape index (κ2) is 43.5. The molecule has 0 aromatic heterocycles. The molecule has 598 valence electrons. The third-order valence-electron chi connectivity index (χ3n) is 17.5. The van der Waals surface area contributed by atoms with E-state index in [1.54, 1.807) is 47.6 Å². The minimum absolute atomic E-state index is 0.